The zero-order valence-corrected chi connectivity index (χ0v) is 13.4. The summed E-state index contributed by atoms with van der Waals surface area (Å²) in [6, 6.07) is 18.0. The van der Waals surface area contributed by atoms with Crippen molar-refractivity contribution in [1.82, 2.24) is 0 Å². The van der Waals surface area contributed by atoms with Gasteiger partial charge in [-0.3, -0.25) is 4.79 Å². The van der Waals surface area contributed by atoms with Crippen LogP contribution in [0.15, 0.2) is 69.9 Å². The average molecular weight is 341 g/mol. The van der Waals surface area contributed by atoms with Crippen LogP contribution < -0.4 is 5.43 Å². The Morgan fingerprint density at radius 1 is 0.783 bits per heavy atom. The van der Waals surface area contributed by atoms with Crippen LogP contribution in [0.25, 0.3) is 33.1 Å². The predicted molar refractivity (Wildman–Crippen MR) is 95.4 cm³/mol. The molecule has 1 aromatic heterocycles. The molecule has 0 aliphatic rings. The number of halogens is 2. The number of hydrogen-bond acceptors (Lipinski definition) is 2. The van der Waals surface area contributed by atoms with Crippen LogP contribution >= 0.6 is 23.2 Å². The van der Waals surface area contributed by atoms with Crippen molar-refractivity contribution < 1.29 is 4.42 Å². The SMILES string of the molecule is O=c1cc(-c2ccc(Cl)c3ccccc23)oc2ccc(Cl)cc12. The summed E-state index contributed by atoms with van der Waals surface area (Å²) >= 11 is 12.2. The van der Waals surface area contributed by atoms with Crippen molar-refractivity contribution in [3.63, 3.8) is 0 Å². The molecular formula is C19H10Cl2O2. The van der Waals surface area contributed by atoms with E-state index >= 15 is 0 Å². The molecule has 0 atom stereocenters. The molecule has 2 nitrogen and oxygen atoms in total. The van der Waals surface area contributed by atoms with Crippen molar-refractivity contribution in [3.05, 3.63) is 80.9 Å². The fourth-order valence-corrected chi connectivity index (χ4v) is 3.14. The highest BCUT2D eigenvalue weighted by molar-refractivity contribution is 6.36. The first-order valence-corrected chi connectivity index (χ1v) is 7.80. The molecule has 0 bridgehead atoms. The summed E-state index contributed by atoms with van der Waals surface area (Å²) < 4.78 is 5.93. The smallest absolute Gasteiger partial charge is 0.193 e. The molecule has 23 heavy (non-hydrogen) atoms. The van der Waals surface area contributed by atoms with Crippen LogP contribution in [0.1, 0.15) is 0 Å². The molecule has 0 saturated carbocycles. The Morgan fingerprint density at radius 2 is 1.57 bits per heavy atom. The first-order chi connectivity index (χ1) is 11.1. The zero-order valence-electron chi connectivity index (χ0n) is 11.8. The monoisotopic (exact) mass is 340 g/mol. The topological polar surface area (TPSA) is 30.2 Å². The van der Waals surface area contributed by atoms with Gasteiger partial charge in [-0.05, 0) is 35.7 Å². The third-order valence-electron chi connectivity index (χ3n) is 3.83. The second-order valence-corrected chi connectivity index (χ2v) is 6.10. The largest absolute Gasteiger partial charge is 0.456 e. The van der Waals surface area contributed by atoms with Gasteiger partial charge in [0.05, 0.1) is 5.39 Å². The van der Waals surface area contributed by atoms with E-state index in [2.05, 4.69) is 0 Å². The van der Waals surface area contributed by atoms with E-state index in [1.165, 1.54) is 6.07 Å². The summed E-state index contributed by atoms with van der Waals surface area (Å²) in [5.74, 6) is 0.512. The Labute approximate surface area is 141 Å². The highest BCUT2D eigenvalue weighted by atomic mass is 35.5. The van der Waals surface area contributed by atoms with Crippen LogP contribution in [0.5, 0.6) is 0 Å². The third-order valence-corrected chi connectivity index (χ3v) is 4.39. The third kappa shape index (κ3) is 2.40. The Balaban J connectivity index is 2.06. The number of rotatable bonds is 1. The minimum Gasteiger partial charge on any atom is -0.456 e. The summed E-state index contributed by atoms with van der Waals surface area (Å²) in [5, 5.41) is 3.51. The maximum absolute atomic E-state index is 12.4. The minimum atomic E-state index is -0.122. The lowest BCUT2D eigenvalue weighted by Crippen LogP contribution is -2.00. The molecule has 4 aromatic rings. The Morgan fingerprint density at radius 3 is 2.39 bits per heavy atom. The van der Waals surface area contributed by atoms with Gasteiger partial charge in [0.25, 0.3) is 0 Å². The van der Waals surface area contributed by atoms with Crippen molar-refractivity contribution in [1.29, 1.82) is 0 Å². The first kappa shape index (κ1) is 14.3. The molecule has 0 amide bonds. The molecule has 4 heteroatoms. The van der Waals surface area contributed by atoms with Crippen LogP contribution in [0.4, 0.5) is 0 Å². The molecule has 3 aromatic carbocycles. The number of hydrogen-bond donors (Lipinski definition) is 0. The van der Waals surface area contributed by atoms with Gasteiger partial charge < -0.3 is 4.42 Å². The van der Waals surface area contributed by atoms with Crippen LogP contribution in [0, 0.1) is 0 Å². The highest BCUT2D eigenvalue weighted by Crippen LogP contribution is 2.33. The quantitative estimate of drug-likeness (QED) is 0.430. The van der Waals surface area contributed by atoms with Crippen LogP contribution in [-0.2, 0) is 0 Å². The lowest BCUT2D eigenvalue weighted by Gasteiger charge is -2.08. The first-order valence-electron chi connectivity index (χ1n) is 7.04. The fraction of sp³-hybridized carbons (Fsp3) is 0. The van der Waals surface area contributed by atoms with E-state index in [1.54, 1.807) is 18.2 Å². The minimum absolute atomic E-state index is 0.122. The molecule has 0 fully saturated rings. The lowest BCUT2D eigenvalue weighted by atomic mass is 10.0. The van der Waals surface area contributed by atoms with Gasteiger partial charge in [0, 0.05) is 27.1 Å². The van der Waals surface area contributed by atoms with E-state index in [4.69, 9.17) is 27.6 Å². The molecule has 0 spiro atoms. The van der Waals surface area contributed by atoms with Crippen LogP contribution in [0.3, 0.4) is 0 Å². The van der Waals surface area contributed by atoms with Crippen molar-refractivity contribution >= 4 is 44.9 Å². The summed E-state index contributed by atoms with van der Waals surface area (Å²) in [6.45, 7) is 0. The lowest BCUT2D eigenvalue weighted by molar-refractivity contribution is 0.619. The summed E-state index contributed by atoms with van der Waals surface area (Å²) in [7, 11) is 0. The molecule has 0 saturated heterocycles. The Hall–Kier alpha value is -2.29. The van der Waals surface area contributed by atoms with Gasteiger partial charge in [0.15, 0.2) is 5.43 Å². The van der Waals surface area contributed by atoms with Gasteiger partial charge >= 0.3 is 0 Å². The van der Waals surface area contributed by atoms with Crippen molar-refractivity contribution in [2.45, 2.75) is 0 Å². The van der Waals surface area contributed by atoms with E-state index < -0.39 is 0 Å². The molecule has 4 rings (SSSR count). The van der Waals surface area contributed by atoms with Gasteiger partial charge in [-0.1, -0.05) is 47.5 Å². The molecule has 1 heterocycles. The number of benzene rings is 3. The molecule has 0 aliphatic heterocycles. The van der Waals surface area contributed by atoms with E-state index in [0.29, 0.717) is 26.8 Å². The summed E-state index contributed by atoms with van der Waals surface area (Å²) in [6.07, 6.45) is 0. The van der Waals surface area contributed by atoms with Crippen molar-refractivity contribution in [2.75, 3.05) is 0 Å². The molecule has 0 unspecified atom stereocenters. The Bertz CT molecular complexity index is 1110. The second-order valence-electron chi connectivity index (χ2n) is 5.26. The molecule has 0 radical (unpaired) electrons. The average Bonchev–Trinajstić information content (AvgIpc) is 2.56. The second kappa shape index (κ2) is 5.41. The van der Waals surface area contributed by atoms with Gasteiger partial charge in [-0.2, -0.15) is 0 Å². The van der Waals surface area contributed by atoms with Gasteiger partial charge in [-0.25, -0.2) is 0 Å². The molecule has 112 valence electrons. The van der Waals surface area contributed by atoms with Crippen molar-refractivity contribution in [2.24, 2.45) is 0 Å². The van der Waals surface area contributed by atoms with E-state index in [0.717, 1.165) is 16.3 Å². The van der Waals surface area contributed by atoms with Crippen molar-refractivity contribution in [3.8, 4) is 11.3 Å². The maximum Gasteiger partial charge on any atom is 0.193 e. The zero-order chi connectivity index (χ0) is 16.0. The highest BCUT2D eigenvalue weighted by Gasteiger charge is 2.11. The Kier molecular flexibility index (Phi) is 3.37. The van der Waals surface area contributed by atoms with Gasteiger partial charge in [-0.15, -0.1) is 0 Å². The number of fused-ring (bicyclic) bond motifs is 2. The predicted octanol–water partition coefficient (Wildman–Crippen LogP) is 5.92. The normalized spacial score (nSPS) is 11.2. The maximum atomic E-state index is 12.4. The molecule has 0 N–H and O–H groups in total. The van der Waals surface area contributed by atoms with Crippen LogP contribution in [0.2, 0.25) is 10.0 Å². The summed E-state index contributed by atoms with van der Waals surface area (Å²) in [4.78, 5) is 12.4. The molecule has 0 aliphatic carbocycles. The van der Waals surface area contributed by atoms with E-state index in [-0.39, 0.29) is 5.43 Å². The van der Waals surface area contributed by atoms with Crippen LogP contribution in [-0.4, -0.2) is 0 Å². The standard InChI is InChI=1S/C19H10Cl2O2/c20-11-5-8-18-15(9-11)17(22)10-19(23-18)14-6-7-16(21)13-4-2-1-3-12(13)14/h1-10H. The van der Waals surface area contributed by atoms with E-state index in [1.807, 2.05) is 36.4 Å². The van der Waals surface area contributed by atoms with Gasteiger partial charge in [0.2, 0.25) is 0 Å². The summed E-state index contributed by atoms with van der Waals surface area (Å²) in [5.41, 5.74) is 1.22. The van der Waals surface area contributed by atoms with Gasteiger partial charge in [0.1, 0.15) is 11.3 Å². The molecular weight excluding hydrogens is 331 g/mol. The fourth-order valence-electron chi connectivity index (χ4n) is 2.74. The van der Waals surface area contributed by atoms with E-state index in [9.17, 15) is 4.79 Å².